The van der Waals surface area contributed by atoms with Crippen LogP contribution in [0.15, 0.2) is 58.5 Å². The van der Waals surface area contributed by atoms with Gasteiger partial charge in [-0.15, -0.1) is 0 Å². The van der Waals surface area contributed by atoms with Crippen molar-refractivity contribution in [3.05, 3.63) is 70.2 Å². The number of hydrogen-bond donors (Lipinski definition) is 1. The number of halogens is 4. The van der Waals surface area contributed by atoms with Crippen LogP contribution in [-0.4, -0.2) is 30.9 Å². The SMILES string of the molecule is FC(F)(F)CNC1=NCC2CC(c3ccc(Cl)cc3)c3ccccc3C2=N1. The largest absolute Gasteiger partial charge is 0.405 e. The summed E-state index contributed by atoms with van der Waals surface area (Å²) in [6.45, 7) is -0.709. The predicted molar refractivity (Wildman–Crippen MR) is 101 cm³/mol. The van der Waals surface area contributed by atoms with Crippen LogP contribution in [0.25, 0.3) is 0 Å². The van der Waals surface area contributed by atoms with Crippen LogP contribution in [0.5, 0.6) is 0 Å². The first-order chi connectivity index (χ1) is 12.9. The Labute approximate surface area is 160 Å². The molecule has 2 aliphatic rings. The van der Waals surface area contributed by atoms with Crippen LogP contribution in [-0.2, 0) is 0 Å². The molecule has 0 aromatic heterocycles. The Hall–Kier alpha value is -2.34. The summed E-state index contributed by atoms with van der Waals surface area (Å²) >= 11 is 6.02. The Morgan fingerprint density at radius 1 is 1.07 bits per heavy atom. The molecule has 7 heteroatoms. The van der Waals surface area contributed by atoms with Crippen molar-refractivity contribution in [2.24, 2.45) is 15.9 Å². The summed E-state index contributed by atoms with van der Waals surface area (Å²) in [6.07, 6.45) is -3.49. The minimum Gasteiger partial charge on any atom is -0.345 e. The number of fused-ring (bicyclic) bond motifs is 3. The van der Waals surface area contributed by atoms with Crippen LogP contribution in [0.4, 0.5) is 13.2 Å². The minimum absolute atomic E-state index is 0.0540. The summed E-state index contributed by atoms with van der Waals surface area (Å²) in [5.74, 6) is 0.317. The summed E-state index contributed by atoms with van der Waals surface area (Å²) < 4.78 is 37.4. The summed E-state index contributed by atoms with van der Waals surface area (Å²) in [5.41, 5.74) is 4.09. The monoisotopic (exact) mass is 391 g/mol. The molecule has 1 N–H and O–H groups in total. The van der Waals surface area contributed by atoms with Crippen molar-refractivity contribution in [1.82, 2.24) is 5.32 Å². The number of rotatable bonds is 2. The average Bonchev–Trinajstić information content (AvgIpc) is 2.66. The first kappa shape index (κ1) is 18.0. The fourth-order valence-corrected chi connectivity index (χ4v) is 3.85. The molecular formula is C20H17ClF3N3. The van der Waals surface area contributed by atoms with E-state index in [4.69, 9.17) is 11.6 Å². The highest BCUT2D eigenvalue weighted by Gasteiger charge is 2.35. The lowest BCUT2D eigenvalue weighted by atomic mass is 9.72. The topological polar surface area (TPSA) is 36.8 Å². The summed E-state index contributed by atoms with van der Waals surface area (Å²) in [7, 11) is 0. The molecule has 3 nitrogen and oxygen atoms in total. The van der Waals surface area contributed by atoms with Gasteiger partial charge in [0.15, 0.2) is 0 Å². The van der Waals surface area contributed by atoms with Gasteiger partial charge in [-0.3, -0.25) is 4.99 Å². The number of nitrogens with one attached hydrogen (secondary N) is 1. The molecule has 0 radical (unpaired) electrons. The number of guanidine groups is 1. The molecule has 2 aromatic carbocycles. The van der Waals surface area contributed by atoms with Gasteiger partial charge >= 0.3 is 6.18 Å². The van der Waals surface area contributed by atoms with E-state index in [1.54, 1.807) is 0 Å². The Bertz CT molecular complexity index is 903. The van der Waals surface area contributed by atoms with Crippen molar-refractivity contribution < 1.29 is 13.2 Å². The van der Waals surface area contributed by atoms with Gasteiger partial charge in [-0.05, 0) is 29.7 Å². The van der Waals surface area contributed by atoms with Gasteiger partial charge < -0.3 is 5.32 Å². The Morgan fingerprint density at radius 2 is 1.81 bits per heavy atom. The molecule has 0 spiro atoms. The van der Waals surface area contributed by atoms with Gasteiger partial charge in [-0.1, -0.05) is 48.0 Å². The molecule has 0 amide bonds. The van der Waals surface area contributed by atoms with Gasteiger partial charge in [0.2, 0.25) is 5.96 Å². The highest BCUT2D eigenvalue weighted by molar-refractivity contribution is 6.30. The van der Waals surface area contributed by atoms with Crippen LogP contribution >= 0.6 is 11.6 Å². The van der Waals surface area contributed by atoms with Crippen molar-refractivity contribution in [2.45, 2.75) is 18.5 Å². The second kappa shape index (κ2) is 7.00. The van der Waals surface area contributed by atoms with Gasteiger partial charge in [-0.25, -0.2) is 4.99 Å². The van der Waals surface area contributed by atoms with Crippen LogP contribution in [0.3, 0.4) is 0 Å². The zero-order chi connectivity index (χ0) is 19.0. The highest BCUT2D eigenvalue weighted by Crippen LogP contribution is 2.40. The molecule has 1 heterocycles. The maximum atomic E-state index is 12.5. The highest BCUT2D eigenvalue weighted by atomic mass is 35.5. The van der Waals surface area contributed by atoms with E-state index >= 15 is 0 Å². The summed E-state index contributed by atoms with van der Waals surface area (Å²) in [5, 5.41) is 2.99. The zero-order valence-corrected chi connectivity index (χ0v) is 15.1. The molecule has 2 unspecified atom stereocenters. The van der Waals surface area contributed by atoms with E-state index in [1.807, 2.05) is 42.5 Å². The van der Waals surface area contributed by atoms with Gasteiger partial charge in [0.1, 0.15) is 6.54 Å². The minimum atomic E-state index is -4.30. The lowest BCUT2D eigenvalue weighted by Crippen LogP contribution is -2.38. The fourth-order valence-electron chi connectivity index (χ4n) is 3.72. The van der Waals surface area contributed by atoms with Crippen molar-refractivity contribution in [1.29, 1.82) is 0 Å². The maximum Gasteiger partial charge on any atom is 0.405 e. The van der Waals surface area contributed by atoms with Gasteiger partial charge in [0.05, 0.1) is 12.3 Å². The quantitative estimate of drug-likeness (QED) is 0.784. The Balaban J connectivity index is 1.67. The van der Waals surface area contributed by atoms with E-state index in [9.17, 15) is 13.2 Å². The lowest BCUT2D eigenvalue weighted by Gasteiger charge is -2.34. The van der Waals surface area contributed by atoms with Crippen LogP contribution in [0.1, 0.15) is 29.0 Å². The van der Waals surface area contributed by atoms with E-state index in [1.165, 1.54) is 0 Å². The zero-order valence-electron chi connectivity index (χ0n) is 14.3. The van der Waals surface area contributed by atoms with E-state index in [0.717, 1.165) is 28.8 Å². The molecule has 0 saturated carbocycles. The van der Waals surface area contributed by atoms with Crippen LogP contribution in [0, 0.1) is 5.92 Å². The van der Waals surface area contributed by atoms with E-state index in [2.05, 4.69) is 21.4 Å². The number of aliphatic imine (C=N–C) groups is 2. The molecule has 0 saturated heterocycles. The van der Waals surface area contributed by atoms with Gasteiger partial charge in [0.25, 0.3) is 0 Å². The normalized spacial score (nSPS) is 21.6. The molecule has 0 fully saturated rings. The van der Waals surface area contributed by atoms with Crippen molar-refractivity contribution >= 4 is 23.3 Å². The Kier molecular flexibility index (Phi) is 4.68. The molecule has 2 aromatic rings. The lowest BCUT2D eigenvalue weighted by molar-refractivity contribution is -0.122. The number of alkyl halides is 3. The molecule has 4 rings (SSSR count). The number of benzene rings is 2. The summed E-state index contributed by atoms with van der Waals surface area (Å²) in [6, 6.07) is 15.7. The molecular weight excluding hydrogens is 375 g/mol. The molecule has 27 heavy (non-hydrogen) atoms. The third-order valence-electron chi connectivity index (χ3n) is 4.93. The Morgan fingerprint density at radius 3 is 2.56 bits per heavy atom. The molecule has 0 bridgehead atoms. The number of nitrogens with zero attached hydrogens (tertiary/aromatic N) is 2. The standard InChI is InChI=1S/C20H17ClF3N3/c21-14-7-5-12(6-8-14)17-9-13-10-25-19(26-11-20(22,23)24)27-18(13)16-4-2-1-3-15(16)17/h1-8,13,17H,9-11H2,(H,25,26). The molecule has 1 aliphatic heterocycles. The third kappa shape index (κ3) is 3.86. The molecule has 2 atom stereocenters. The van der Waals surface area contributed by atoms with E-state index in [-0.39, 0.29) is 17.8 Å². The van der Waals surface area contributed by atoms with E-state index < -0.39 is 12.7 Å². The second-order valence-electron chi connectivity index (χ2n) is 6.75. The van der Waals surface area contributed by atoms with Crippen LogP contribution < -0.4 is 5.32 Å². The first-order valence-corrected chi connectivity index (χ1v) is 9.07. The predicted octanol–water partition coefficient (Wildman–Crippen LogP) is 4.80. The molecule has 140 valence electrons. The van der Waals surface area contributed by atoms with Crippen LogP contribution in [0.2, 0.25) is 5.02 Å². The van der Waals surface area contributed by atoms with Crippen molar-refractivity contribution in [3.8, 4) is 0 Å². The summed E-state index contributed by atoms with van der Waals surface area (Å²) in [4.78, 5) is 8.65. The van der Waals surface area contributed by atoms with Gasteiger partial charge in [0, 0.05) is 22.4 Å². The molecule has 1 aliphatic carbocycles. The average molecular weight is 392 g/mol. The van der Waals surface area contributed by atoms with Gasteiger partial charge in [-0.2, -0.15) is 13.2 Å². The third-order valence-corrected chi connectivity index (χ3v) is 5.18. The second-order valence-corrected chi connectivity index (χ2v) is 7.19. The number of hydrogen-bond acceptors (Lipinski definition) is 3. The first-order valence-electron chi connectivity index (χ1n) is 8.69. The van der Waals surface area contributed by atoms with Crippen molar-refractivity contribution in [3.63, 3.8) is 0 Å². The fraction of sp³-hybridized carbons (Fsp3) is 0.300. The maximum absolute atomic E-state index is 12.5. The smallest absolute Gasteiger partial charge is 0.345 e. The van der Waals surface area contributed by atoms with E-state index in [0.29, 0.717) is 11.6 Å². The van der Waals surface area contributed by atoms with Crippen molar-refractivity contribution in [2.75, 3.05) is 13.1 Å².